The summed E-state index contributed by atoms with van der Waals surface area (Å²) in [5.74, 6) is -0.0146. The highest BCUT2D eigenvalue weighted by Gasteiger charge is 2.19. The van der Waals surface area contributed by atoms with Crippen LogP contribution < -0.4 is 9.46 Å². The number of benzene rings is 2. The fourth-order valence-electron chi connectivity index (χ4n) is 2.56. The normalized spacial score (nSPS) is 11.5. The van der Waals surface area contributed by atoms with Gasteiger partial charge in [0, 0.05) is 23.9 Å². The number of hydrogen-bond donors (Lipinski definition) is 1. The Hall–Kier alpha value is -2.29. The highest BCUT2D eigenvalue weighted by atomic mass is 32.2. The number of rotatable bonds is 7. The number of halogens is 1. The molecule has 0 fully saturated rings. The molecule has 2 aromatic carbocycles. The van der Waals surface area contributed by atoms with Crippen LogP contribution in [-0.4, -0.2) is 27.1 Å². The molecule has 0 bridgehead atoms. The molecule has 1 aromatic heterocycles. The average molecular weight is 407 g/mol. The summed E-state index contributed by atoms with van der Waals surface area (Å²) in [5, 5.41) is 2.55. The number of hydrogen-bond acceptors (Lipinski definition) is 5. The van der Waals surface area contributed by atoms with Crippen LogP contribution in [0, 0.1) is 12.7 Å². The first kappa shape index (κ1) is 19.5. The molecule has 8 heteroatoms. The zero-order valence-electron chi connectivity index (χ0n) is 14.9. The van der Waals surface area contributed by atoms with Crippen molar-refractivity contribution in [2.24, 2.45) is 0 Å². The van der Waals surface area contributed by atoms with Crippen LogP contribution in [0.5, 0.6) is 5.75 Å². The third-order valence-electron chi connectivity index (χ3n) is 3.91. The third kappa shape index (κ3) is 4.71. The van der Waals surface area contributed by atoms with Crippen LogP contribution in [0.25, 0.3) is 10.6 Å². The minimum absolute atomic E-state index is 0.115. The summed E-state index contributed by atoms with van der Waals surface area (Å²) in [6.07, 6.45) is 0.430. The van der Waals surface area contributed by atoms with E-state index in [2.05, 4.69) is 9.71 Å². The van der Waals surface area contributed by atoms with Crippen LogP contribution in [0.4, 0.5) is 4.39 Å². The highest BCUT2D eigenvalue weighted by Crippen LogP contribution is 2.26. The van der Waals surface area contributed by atoms with Gasteiger partial charge in [-0.3, -0.25) is 0 Å². The number of ether oxygens (including phenoxy) is 1. The number of sulfonamides is 1. The maximum atomic E-state index is 13.3. The van der Waals surface area contributed by atoms with E-state index in [1.54, 1.807) is 30.3 Å². The third-order valence-corrected chi connectivity index (χ3v) is 6.33. The Morgan fingerprint density at radius 1 is 1.22 bits per heavy atom. The van der Waals surface area contributed by atoms with Gasteiger partial charge in [-0.15, -0.1) is 11.3 Å². The summed E-state index contributed by atoms with van der Waals surface area (Å²) in [5.41, 5.74) is 2.28. The first-order chi connectivity index (χ1) is 12.9. The lowest BCUT2D eigenvalue weighted by atomic mass is 10.2. The molecule has 1 N–H and O–H groups in total. The number of aromatic nitrogens is 1. The van der Waals surface area contributed by atoms with Gasteiger partial charge in [-0.25, -0.2) is 22.5 Å². The molecule has 0 aliphatic carbocycles. The Kier molecular flexibility index (Phi) is 5.88. The zero-order valence-corrected chi connectivity index (χ0v) is 16.5. The largest absolute Gasteiger partial charge is 0.495 e. The first-order valence-corrected chi connectivity index (χ1v) is 10.6. The minimum atomic E-state index is -3.70. The Bertz CT molecular complexity index is 1050. The molecule has 0 saturated carbocycles. The molecular weight excluding hydrogens is 387 g/mol. The number of thiazole rings is 1. The summed E-state index contributed by atoms with van der Waals surface area (Å²) in [6, 6.07) is 11.2. The topological polar surface area (TPSA) is 68.3 Å². The van der Waals surface area contributed by atoms with Gasteiger partial charge in [0.25, 0.3) is 0 Å². The van der Waals surface area contributed by atoms with E-state index in [9.17, 15) is 12.8 Å². The van der Waals surface area contributed by atoms with Gasteiger partial charge in [0.15, 0.2) is 0 Å². The van der Waals surface area contributed by atoms with Crippen molar-refractivity contribution in [3.05, 3.63) is 64.9 Å². The van der Waals surface area contributed by atoms with Gasteiger partial charge in [-0.1, -0.05) is 18.2 Å². The van der Waals surface area contributed by atoms with Crippen molar-refractivity contribution in [1.29, 1.82) is 0 Å². The lowest BCUT2D eigenvalue weighted by Crippen LogP contribution is -2.26. The van der Waals surface area contributed by atoms with Crippen LogP contribution in [0.3, 0.4) is 0 Å². The van der Waals surface area contributed by atoms with Gasteiger partial charge in [-0.2, -0.15) is 0 Å². The van der Waals surface area contributed by atoms with E-state index < -0.39 is 10.0 Å². The predicted octanol–water partition coefficient (Wildman–Crippen LogP) is 3.79. The number of nitrogens with zero attached hydrogens (tertiary/aromatic N) is 1. The molecule has 0 atom stereocenters. The second-order valence-corrected chi connectivity index (χ2v) is 8.55. The molecule has 0 spiro atoms. The Balaban J connectivity index is 1.67. The Labute approximate surface area is 161 Å². The fourth-order valence-corrected chi connectivity index (χ4v) is 4.70. The molecule has 0 amide bonds. The highest BCUT2D eigenvalue weighted by molar-refractivity contribution is 7.89. The van der Waals surface area contributed by atoms with Gasteiger partial charge in [-0.05, 0) is 36.8 Å². The smallest absolute Gasteiger partial charge is 0.244 e. The van der Waals surface area contributed by atoms with E-state index in [0.717, 1.165) is 11.3 Å². The van der Waals surface area contributed by atoms with E-state index in [1.165, 1.54) is 30.6 Å². The maximum absolute atomic E-state index is 13.3. The Morgan fingerprint density at radius 2 is 2.04 bits per heavy atom. The van der Waals surface area contributed by atoms with E-state index in [-0.39, 0.29) is 17.3 Å². The SMILES string of the molecule is COc1ccc(C)cc1S(=O)(=O)NCCc1csc(-c2cccc(F)c2)n1. The second kappa shape index (κ2) is 8.16. The van der Waals surface area contributed by atoms with Gasteiger partial charge in [0.2, 0.25) is 10.0 Å². The number of aryl methyl sites for hydroxylation is 1. The molecule has 3 aromatic rings. The van der Waals surface area contributed by atoms with Crippen LogP contribution in [0.2, 0.25) is 0 Å². The lowest BCUT2D eigenvalue weighted by molar-refractivity contribution is 0.402. The molecule has 5 nitrogen and oxygen atoms in total. The van der Waals surface area contributed by atoms with Crippen LogP contribution >= 0.6 is 11.3 Å². The van der Waals surface area contributed by atoms with Gasteiger partial charge < -0.3 is 4.74 Å². The Morgan fingerprint density at radius 3 is 2.78 bits per heavy atom. The van der Waals surface area contributed by atoms with E-state index in [4.69, 9.17) is 4.74 Å². The zero-order chi connectivity index (χ0) is 19.4. The molecule has 0 aliphatic heterocycles. The quantitative estimate of drug-likeness (QED) is 0.648. The van der Waals surface area contributed by atoms with Crippen LogP contribution in [-0.2, 0) is 16.4 Å². The summed E-state index contributed by atoms with van der Waals surface area (Å²) >= 11 is 1.40. The van der Waals surface area contributed by atoms with Crippen molar-refractivity contribution in [2.45, 2.75) is 18.2 Å². The van der Waals surface area contributed by atoms with E-state index in [0.29, 0.717) is 22.7 Å². The molecule has 1 heterocycles. The minimum Gasteiger partial charge on any atom is -0.495 e. The van der Waals surface area contributed by atoms with Crippen LogP contribution in [0.15, 0.2) is 52.7 Å². The monoisotopic (exact) mass is 406 g/mol. The first-order valence-electron chi connectivity index (χ1n) is 8.24. The molecule has 0 unspecified atom stereocenters. The van der Waals surface area contributed by atoms with Crippen LogP contribution in [0.1, 0.15) is 11.3 Å². The van der Waals surface area contributed by atoms with E-state index in [1.807, 2.05) is 12.3 Å². The number of nitrogens with one attached hydrogen (secondary N) is 1. The molecule has 3 rings (SSSR count). The second-order valence-electron chi connectivity index (χ2n) is 5.96. The molecular formula is C19H19FN2O3S2. The summed E-state index contributed by atoms with van der Waals surface area (Å²) in [4.78, 5) is 4.57. The maximum Gasteiger partial charge on any atom is 0.244 e. The molecule has 27 heavy (non-hydrogen) atoms. The predicted molar refractivity (Wildman–Crippen MR) is 104 cm³/mol. The molecule has 0 radical (unpaired) electrons. The molecule has 0 saturated heterocycles. The van der Waals surface area contributed by atoms with Crippen molar-refractivity contribution >= 4 is 21.4 Å². The summed E-state index contributed by atoms with van der Waals surface area (Å²) in [7, 11) is -2.26. The number of methoxy groups -OCH3 is 1. The van der Waals surface area contributed by atoms with Crippen molar-refractivity contribution in [1.82, 2.24) is 9.71 Å². The molecule has 0 aliphatic rings. The summed E-state index contributed by atoms with van der Waals surface area (Å²) < 4.78 is 46.2. The lowest BCUT2D eigenvalue weighted by Gasteiger charge is -2.11. The van der Waals surface area contributed by atoms with Gasteiger partial charge >= 0.3 is 0 Å². The molecule has 142 valence electrons. The summed E-state index contributed by atoms with van der Waals surface area (Å²) in [6.45, 7) is 2.02. The van der Waals surface area contributed by atoms with Crippen molar-refractivity contribution in [2.75, 3.05) is 13.7 Å². The van der Waals surface area contributed by atoms with Gasteiger partial charge in [0.1, 0.15) is 21.5 Å². The standard InChI is InChI=1S/C19H19FN2O3S2/c1-13-6-7-17(25-2)18(10-13)27(23,24)21-9-8-16-12-26-19(22-16)14-4-3-5-15(20)11-14/h3-7,10-12,21H,8-9H2,1-2H3. The van der Waals surface area contributed by atoms with Crippen molar-refractivity contribution in [3.8, 4) is 16.3 Å². The van der Waals surface area contributed by atoms with Gasteiger partial charge in [0.05, 0.1) is 12.8 Å². The fraction of sp³-hybridized carbons (Fsp3) is 0.211. The average Bonchev–Trinajstić information content (AvgIpc) is 3.10. The van der Waals surface area contributed by atoms with Crippen molar-refractivity contribution < 1.29 is 17.5 Å². The van der Waals surface area contributed by atoms with E-state index >= 15 is 0 Å². The van der Waals surface area contributed by atoms with Crippen molar-refractivity contribution in [3.63, 3.8) is 0 Å².